The van der Waals surface area contributed by atoms with Crippen LogP contribution in [0.4, 0.5) is 4.39 Å². The van der Waals surface area contributed by atoms with Gasteiger partial charge in [0.05, 0.1) is 30.3 Å². The number of rotatable bonds is 5. The van der Waals surface area contributed by atoms with Crippen molar-refractivity contribution >= 4 is 21.8 Å². The van der Waals surface area contributed by atoms with Gasteiger partial charge in [-0.25, -0.2) is 9.07 Å². The summed E-state index contributed by atoms with van der Waals surface area (Å²) in [5.41, 5.74) is 2.78. The highest BCUT2D eigenvalue weighted by Gasteiger charge is 2.20. The summed E-state index contributed by atoms with van der Waals surface area (Å²) in [6, 6.07) is 11.7. The van der Waals surface area contributed by atoms with Crippen LogP contribution in [-0.4, -0.2) is 34.7 Å². The molecule has 0 N–H and O–H groups in total. The predicted octanol–water partition coefficient (Wildman–Crippen LogP) is 4.36. The number of carbonyl (C=O) groups excluding carboxylic acids is 1. The summed E-state index contributed by atoms with van der Waals surface area (Å²) < 4.78 is 21.1. The van der Waals surface area contributed by atoms with Crippen molar-refractivity contribution in [3.05, 3.63) is 75.8 Å². The first kappa shape index (κ1) is 19.1. The summed E-state index contributed by atoms with van der Waals surface area (Å²) in [5, 5.41) is 4.29. The molecule has 0 aliphatic heterocycles. The van der Waals surface area contributed by atoms with Gasteiger partial charge in [0.2, 0.25) is 0 Å². The van der Waals surface area contributed by atoms with Gasteiger partial charge in [-0.05, 0) is 49.4 Å². The molecule has 27 heavy (non-hydrogen) atoms. The van der Waals surface area contributed by atoms with Crippen LogP contribution < -0.4 is 4.74 Å². The largest absolute Gasteiger partial charge is 0.496 e. The number of nitrogens with zero attached hydrogens (tertiary/aromatic N) is 3. The van der Waals surface area contributed by atoms with Crippen molar-refractivity contribution in [2.45, 2.75) is 13.5 Å². The van der Waals surface area contributed by atoms with E-state index in [4.69, 9.17) is 4.74 Å². The summed E-state index contributed by atoms with van der Waals surface area (Å²) >= 11 is 3.44. The maximum Gasteiger partial charge on any atom is 0.257 e. The fraction of sp³-hybridized carbons (Fsp3) is 0.200. The molecule has 0 radical (unpaired) electrons. The molecular weight excluding hydrogens is 413 g/mol. The first-order valence-corrected chi connectivity index (χ1v) is 9.08. The normalized spacial score (nSPS) is 10.7. The number of halogens is 2. The fourth-order valence-corrected chi connectivity index (χ4v) is 3.27. The third kappa shape index (κ3) is 4.03. The van der Waals surface area contributed by atoms with Gasteiger partial charge in [-0.15, -0.1) is 0 Å². The van der Waals surface area contributed by atoms with Gasteiger partial charge < -0.3 is 9.64 Å². The van der Waals surface area contributed by atoms with Gasteiger partial charge in [-0.2, -0.15) is 5.10 Å². The van der Waals surface area contributed by atoms with Gasteiger partial charge in [0, 0.05) is 23.6 Å². The Labute approximate surface area is 165 Å². The maximum atomic E-state index is 13.1. The Morgan fingerprint density at radius 2 is 1.96 bits per heavy atom. The molecule has 1 aromatic heterocycles. The first-order valence-electron chi connectivity index (χ1n) is 8.29. The number of benzene rings is 2. The molecule has 0 spiro atoms. The summed E-state index contributed by atoms with van der Waals surface area (Å²) in [5.74, 6) is 0.252. The van der Waals surface area contributed by atoms with Crippen LogP contribution in [0.1, 0.15) is 21.6 Å². The zero-order chi connectivity index (χ0) is 19.6. The van der Waals surface area contributed by atoms with Gasteiger partial charge in [0.25, 0.3) is 5.91 Å². The van der Waals surface area contributed by atoms with E-state index in [0.717, 1.165) is 15.8 Å². The quantitative estimate of drug-likeness (QED) is 0.602. The number of hydrogen-bond acceptors (Lipinski definition) is 3. The Hall–Kier alpha value is -2.67. The highest BCUT2D eigenvalue weighted by atomic mass is 79.9. The topological polar surface area (TPSA) is 47.4 Å². The smallest absolute Gasteiger partial charge is 0.257 e. The van der Waals surface area contributed by atoms with E-state index in [2.05, 4.69) is 21.0 Å². The molecular formula is C20H19BrFN3O2. The molecule has 0 unspecified atom stereocenters. The molecule has 7 heteroatoms. The van der Waals surface area contributed by atoms with E-state index in [1.807, 2.05) is 25.1 Å². The SMILES string of the molecule is COc1ccc(Br)cc1CN(C)C(=O)c1cnn(-c2ccc(F)cc2)c1C. The van der Waals surface area contributed by atoms with Gasteiger partial charge in [0.15, 0.2) is 0 Å². The van der Waals surface area contributed by atoms with Crippen LogP contribution >= 0.6 is 15.9 Å². The van der Waals surface area contributed by atoms with Crippen molar-refractivity contribution in [3.63, 3.8) is 0 Å². The molecule has 0 saturated heterocycles. The second-order valence-electron chi connectivity index (χ2n) is 6.15. The van der Waals surface area contributed by atoms with E-state index < -0.39 is 0 Å². The van der Waals surface area contributed by atoms with Crippen LogP contribution in [0.3, 0.4) is 0 Å². The Morgan fingerprint density at radius 3 is 2.63 bits per heavy atom. The number of ether oxygens (including phenoxy) is 1. The third-order valence-electron chi connectivity index (χ3n) is 4.31. The van der Waals surface area contributed by atoms with Crippen molar-refractivity contribution < 1.29 is 13.9 Å². The number of methoxy groups -OCH3 is 1. The summed E-state index contributed by atoms with van der Waals surface area (Å²) in [4.78, 5) is 14.5. The second-order valence-corrected chi connectivity index (χ2v) is 7.06. The van der Waals surface area contributed by atoms with Gasteiger partial charge in [0.1, 0.15) is 11.6 Å². The molecule has 1 heterocycles. The number of carbonyl (C=O) groups is 1. The average Bonchev–Trinajstić information content (AvgIpc) is 3.03. The van der Waals surface area contributed by atoms with Gasteiger partial charge in [-0.1, -0.05) is 15.9 Å². The summed E-state index contributed by atoms with van der Waals surface area (Å²) in [7, 11) is 3.34. The Morgan fingerprint density at radius 1 is 1.26 bits per heavy atom. The third-order valence-corrected chi connectivity index (χ3v) is 4.80. The van der Waals surface area contributed by atoms with E-state index in [1.165, 1.54) is 18.3 Å². The lowest BCUT2D eigenvalue weighted by molar-refractivity contribution is 0.0783. The van der Waals surface area contributed by atoms with Crippen molar-refractivity contribution in [2.24, 2.45) is 0 Å². The number of amides is 1. The minimum atomic E-state index is -0.317. The molecule has 0 fully saturated rings. The summed E-state index contributed by atoms with van der Waals surface area (Å²) in [6.45, 7) is 2.21. The number of hydrogen-bond donors (Lipinski definition) is 0. The van der Waals surface area contributed by atoms with Crippen LogP contribution in [0.2, 0.25) is 0 Å². The molecule has 1 amide bonds. The molecule has 0 saturated carbocycles. The summed E-state index contributed by atoms with van der Waals surface area (Å²) in [6.07, 6.45) is 1.54. The van der Waals surface area contributed by atoms with Crippen molar-refractivity contribution in [3.8, 4) is 11.4 Å². The standard InChI is InChI=1S/C20H19BrFN3O2/c1-13-18(11-23-25(13)17-7-5-16(22)6-8-17)20(26)24(2)12-14-10-15(21)4-9-19(14)27-3/h4-11H,12H2,1-3H3. The van der Waals surface area contributed by atoms with Gasteiger partial charge >= 0.3 is 0 Å². The Bertz CT molecular complexity index is 970. The molecule has 140 valence electrons. The minimum absolute atomic E-state index is 0.150. The van der Waals surface area contributed by atoms with Crippen molar-refractivity contribution in [2.75, 3.05) is 14.2 Å². The lowest BCUT2D eigenvalue weighted by Gasteiger charge is -2.19. The molecule has 0 bridgehead atoms. The molecule has 0 aliphatic rings. The molecule has 3 aromatic rings. The molecule has 0 aliphatic carbocycles. The lowest BCUT2D eigenvalue weighted by Crippen LogP contribution is -2.26. The number of aromatic nitrogens is 2. The zero-order valence-corrected chi connectivity index (χ0v) is 16.8. The predicted molar refractivity (Wildman–Crippen MR) is 105 cm³/mol. The van der Waals surface area contributed by atoms with Crippen molar-refractivity contribution in [1.29, 1.82) is 0 Å². The van der Waals surface area contributed by atoms with Crippen LogP contribution in [0.5, 0.6) is 5.75 Å². The van der Waals surface area contributed by atoms with E-state index in [9.17, 15) is 9.18 Å². The van der Waals surface area contributed by atoms with E-state index in [1.54, 1.807) is 35.9 Å². The van der Waals surface area contributed by atoms with Crippen LogP contribution in [0.25, 0.3) is 5.69 Å². The van der Waals surface area contributed by atoms with E-state index >= 15 is 0 Å². The lowest BCUT2D eigenvalue weighted by atomic mass is 10.1. The minimum Gasteiger partial charge on any atom is -0.496 e. The molecule has 3 rings (SSSR count). The van der Waals surface area contributed by atoms with Crippen LogP contribution in [-0.2, 0) is 6.54 Å². The zero-order valence-electron chi connectivity index (χ0n) is 15.2. The monoisotopic (exact) mass is 431 g/mol. The molecule has 2 aromatic carbocycles. The fourth-order valence-electron chi connectivity index (χ4n) is 2.87. The highest BCUT2D eigenvalue weighted by molar-refractivity contribution is 9.10. The van der Waals surface area contributed by atoms with Gasteiger partial charge in [-0.3, -0.25) is 4.79 Å². The first-order chi connectivity index (χ1) is 12.9. The van der Waals surface area contributed by atoms with Crippen molar-refractivity contribution in [1.82, 2.24) is 14.7 Å². The van der Waals surface area contributed by atoms with E-state index in [-0.39, 0.29) is 11.7 Å². The molecule has 0 atom stereocenters. The second kappa shape index (κ2) is 7.92. The maximum absolute atomic E-state index is 13.1. The van der Waals surface area contributed by atoms with E-state index in [0.29, 0.717) is 23.5 Å². The highest BCUT2D eigenvalue weighted by Crippen LogP contribution is 2.25. The molecule has 5 nitrogen and oxygen atoms in total. The Kier molecular flexibility index (Phi) is 5.60. The Balaban J connectivity index is 1.84. The van der Waals surface area contributed by atoms with Crippen LogP contribution in [0, 0.1) is 12.7 Å². The average molecular weight is 432 g/mol. The van der Waals surface area contributed by atoms with Crippen LogP contribution in [0.15, 0.2) is 53.1 Å².